The first kappa shape index (κ1) is 20.0. The second-order valence-corrected chi connectivity index (χ2v) is 14.2. The van der Waals surface area contributed by atoms with Crippen LogP contribution in [0.25, 0.3) is 0 Å². The molecule has 2 aromatic rings. The van der Waals surface area contributed by atoms with Gasteiger partial charge in [-0.15, -0.1) is 0 Å². The quantitative estimate of drug-likeness (QED) is 0.627. The van der Waals surface area contributed by atoms with Crippen LogP contribution >= 0.6 is 12.2 Å². The van der Waals surface area contributed by atoms with Crippen molar-refractivity contribution in [2.45, 2.75) is 50.6 Å². The van der Waals surface area contributed by atoms with Gasteiger partial charge in [-0.25, -0.2) is 0 Å². The minimum Gasteiger partial charge on any atom is -0.393 e. The summed E-state index contributed by atoms with van der Waals surface area (Å²) in [6.45, 7) is 7.05. The molecule has 27 heavy (non-hydrogen) atoms. The molecule has 1 aliphatic rings. The van der Waals surface area contributed by atoms with E-state index in [-0.39, 0.29) is 16.7 Å². The summed E-state index contributed by atoms with van der Waals surface area (Å²) in [5.41, 5.74) is 6.19. The number of ketones is 1. The minimum absolute atomic E-state index is 0.0662. The lowest BCUT2D eigenvalue weighted by molar-refractivity contribution is -0.122. The van der Waals surface area contributed by atoms with Gasteiger partial charge in [0.05, 0.1) is 10.9 Å². The smallest absolute Gasteiger partial charge is 0.142 e. The Balaban J connectivity index is 2.19. The highest BCUT2D eigenvalue weighted by molar-refractivity contribution is 7.80. The zero-order valence-electron chi connectivity index (χ0n) is 16.4. The molecule has 0 heterocycles. The standard InChI is InChI=1S/C23H29NOSSi/c1-23(2,3)27(17-10-6-4-7-11-17,18-12-8-5-9-13-18)19-14-15-20(22(24)26)21(25)16-19/h4-13,19-20H,14-16H2,1-3H3,(H2,24,26)/t19-,20-/m0/s1. The van der Waals surface area contributed by atoms with Crippen molar-refractivity contribution in [2.24, 2.45) is 11.7 Å². The molecule has 0 saturated heterocycles. The van der Waals surface area contributed by atoms with Crippen molar-refractivity contribution in [3.63, 3.8) is 0 Å². The van der Waals surface area contributed by atoms with Gasteiger partial charge >= 0.3 is 0 Å². The zero-order chi connectivity index (χ0) is 19.7. The molecule has 1 aliphatic carbocycles. The number of carbonyl (C=O) groups excluding carboxylic acids is 1. The molecule has 0 bridgehead atoms. The van der Waals surface area contributed by atoms with Crippen molar-refractivity contribution in [1.29, 1.82) is 0 Å². The van der Waals surface area contributed by atoms with Crippen LogP contribution in [0, 0.1) is 5.92 Å². The van der Waals surface area contributed by atoms with Crippen molar-refractivity contribution in [2.75, 3.05) is 0 Å². The van der Waals surface area contributed by atoms with Crippen LogP contribution in [0.5, 0.6) is 0 Å². The molecule has 142 valence electrons. The molecule has 2 N–H and O–H groups in total. The number of hydrogen-bond acceptors (Lipinski definition) is 2. The maximum atomic E-state index is 12.9. The van der Waals surface area contributed by atoms with Crippen LogP contribution in [0.3, 0.4) is 0 Å². The molecule has 2 nitrogen and oxygen atoms in total. The molecule has 0 radical (unpaired) electrons. The van der Waals surface area contributed by atoms with E-state index in [1.807, 2.05) is 0 Å². The van der Waals surface area contributed by atoms with Gasteiger partial charge in [-0.1, -0.05) is 110 Å². The van der Waals surface area contributed by atoms with Gasteiger partial charge in [-0.3, -0.25) is 4.79 Å². The van der Waals surface area contributed by atoms with Crippen LogP contribution in [0.1, 0.15) is 40.0 Å². The highest BCUT2D eigenvalue weighted by atomic mass is 32.1. The second-order valence-electron chi connectivity index (χ2n) is 8.69. The molecule has 4 heteroatoms. The maximum absolute atomic E-state index is 12.9. The lowest BCUT2D eigenvalue weighted by atomic mass is 9.87. The van der Waals surface area contributed by atoms with Gasteiger partial charge in [-0.05, 0) is 17.0 Å². The van der Waals surface area contributed by atoms with Gasteiger partial charge in [0.1, 0.15) is 13.9 Å². The van der Waals surface area contributed by atoms with Crippen molar-refractivity contribution in [3.05, 3.63) is 60.7 Å². The van der Waals surface area contributed by atoms with Crippen LogP contribution < -0.4 is 16.1 Å². The molecule has 2 atom stereocenters. The number of thiocarbonyl (C=S) groups is 1. The van der Waals surface area contributed by atoms with E-state index in [4.69, 9.17) is 18.0 Å². The molecule has 3 rings (SSSR count). The van der Waals surface area contributed by atoms with Gasteiger partial charge in [0.15, 0.2) is 0 Å². The van der Waals surface area contributed by atoms with Crippen molar-refractivity contribution >= 4 is 41.4 Å². The lowest BCUT2D eigenvalue weighted by Gasteiger charge is -2.51. The van der Waals surface area contributed by atoms with E-state index in [2.05, 4.69) is 81.4 Å². The molecular weight excluding hydrogens is 366 g/mol. The Hall–Kier alpha value is -1.78. The average molecular weight is 396 g/mol. The molecule has 0 unspecified atom stereocenters. The number of carbonyl (C=O) groups is 1. The van der Waals surface area contributed by atoms with Crippen molar-refractivity contribution < 1.29 is 4.79 Å². The lowest BCUT2D eigenvalue weighted by Crippen LogP contribution is -2.68. The summed E-state index contributed by atoms with van der Waals surface area (Å²) in [5.74, 6) is -0.0128. The Kier molecular flexibility index (Phi) is 5.68. The summed E-state index contributed by atoms with van der Waals surface area (Å²) < 4.78 is 0. The molecule has 0 aromatic heterocycles. The minimum atomic E-state index is -2.26. The van der Waals surface area contributed by atoms with E-state index in [1.54, 1.807) is 0 Å². The van der Waals surface area contributed by atoms with Gasteiger partial charge < -0.3 is 5.73 Å². The van der Waals surface area contributed by atoms with Crippen LogP contribution in [0.4, 0.5) is 0 Å². The largest absolute Gasteiger partial charge is 0.393 e. The van der Waals surface area contributed by atoms with Crippen LogP contribution in [-0.4, -0.2) is 18.8 Å². The number of rotatable bonds is 4. The predicted molar refractivity (Wildman–Crippen MR) is 121 cm³/mol. The van der Waals surface area contributed by atoms with E-state index in [1.165, 1.54) is 10.4 Å². The van der Waals surface area contributed by atoms with Crippen molar-refractivity contribution in [3.8, 4) is 0 Å². The summed E-state index contributed by atoms with van der Waals surface area (Å²) >= 11 is 5.15. The highest BCUT2D eigenvalue weighted by Gasteiger charge is 2.54. The normalized spacial score (nSPS) is 21.1. The molecule has 0 aliphatic heterocycles. The number of benzene rings is 2. The number of Topliss-reactive ketones (excluding diaryl/α,β-unsaturated/α-hetero) is 1. The Morgan fingerprint density at radius 3 is 1.81 bits per heavy atom. The third-order valence-corrected chi connectivity index (χ3v) is 13.1. The Morgan fingerprint density at radius 1 is 0.963 bits per heavy atom. The van der Waals surface area contributed by atoms with E-state index in [0.717, 1.165) is 12.8 Å². The molecule has 0 amide bonds. The maximum Gasteiger partial charge on any atom is 0.142 e. The highest BCUT2D eigenvalue weighted by Crippen LogP contribution is 2.49. The van der Waals surface area contributed by atoms with Gasteiger partial charge in [0.2, 0.25) is 0 Å². The summed E-state index contributed by atoms with van der Waals surface area (Å²) in [4.78, 5) is 13.3. The second kappa shape index (κ2) is 7.68. The van der Waals surface area contributed by atoms with Crippen LogP contribution in [0.2, 0.25) is 10.6 Å². The molecule has 2 aromatic carbocycles. The van der Waals surface area contributed by atoms with Gasteiger partial charge in [0.25, 0.3) is 0 Å². The number of hydrogen-bond donors (Lipinski definition) is 1. The first-order valence-electron chi connectivity index (χ1n) is 9.71. The van der Waals surface area contributed by atoms with Gasteiger partial charge in [-0.2, -0.15) is 0 Å². The van der Waals surface area contributed by atoms with E-state index < -0.39 is 8.07 Å². The first-order chi connectivity index (χ1) is 12.8. The molecular formula is C23H29NOSSi. The first-order valence-corrected chi connectivity index (χ1v) is 12.2. The third-order valence-electron chi connectivity index (χ3n) is 6.24. The topological polar surface area (TPSA) is 43.1 Å². The van der Waals surface area contributed by atoms with Crippen LogP contribution in [0.15, 0.2) is 60.7 Å². The zero-order valence-corrected chi connectivity index (χ0v) is 18.3. The van der Waals surface area contributed by atoms with Gasteiger partial charge in [0, 0.05) is 6.42 Å². The fraction of sp³-hybridized carbons (Fsp3) is 0.391. The third kappa shape index (κ3) is 3.53. The summed E-state index contributed by atoms with van der Waals surface area (Å²) in [6.07, 6.45) is 2.36. The van der Waals surface area contributed by atoms with E-state index >= 15 is 0 Å². The molecule has 1 saturated carbocycles. The summed E-state index contributed by atoms with van der Waals surface area (Å²) in [6, 6.07) is 21.8. The molecule has 1 fully saturated rings. The van der Waals surface area contributed by atoms with Crippen molar-refractivity contribution in [1.82, 2.24) is 0 Å². The fourth-order valence-corrected chi connectivity index (χ4v) is 12.2. The Morgan fingerprint density at radius 2 is 1.44 bits per heavy atom. The molecule has 0 spiro atoms. The predicted octanol–water partition coefficient (Wildman–Crippen LogP) is 4.08. The number of nitrogens with two attached hydrogens (primary N) is 1. The average Bonchev–Trinajstić information content (AvgIpc) is 2.63. The SMILES string of the molecule is CC(C)(C)[Si](c1ccccc1)(c1ccccc1)[C@H]1CC[C@H](C(N)=S)C(=O)C1. The van der Waals surface area contributed by atoms with Crippen LogP contribution in [-0.2, 0) is 4.79 Å². The Labute approximate surface area is 169 Å². The fourth-order valence-electron chi connectivity index (χ4n) is 5.21. The monoisotopic (exact) mass is 395 g/mol. The van der Waals surface area contributed by atoms with E-state index in [0.29, 0.717) is 17.0 Å². The Bertz CT molecular complexity index is 774. The summed E-state index contributed by atoms with van der Waals surface area (Å²) in [5, 5.41) is 2.89. The van der Waals surface area contributed by atoms with E-state index in [9.17, 15) is 4.79 Å². The summed E-state index contributed by atoms with van der Waals surface area (Å²) in [7, 11) is -2.26.